The predicted molar refractivity (Wildman–Crippen MR) is 151 cm³/mol. The molecule has 4 fully saturated rings. The maximum Gasteiger partial charge on any atom is 0.302 e. The summed E-state index contributed by atoms with van der Waals surface area (Å²) in [6, 6.07) is 0. The van der Waals surface area contributed by atoms with Crippen molar-refractivity contribution in [1.29, 1.82) is 0 Å². The minimum absolute atomic E-state index is 0.00511. The molecule has 5 aliphatic carbocycles. The summed E-state index contributed by atoms with van der Waals surface area (Å²) in [6.07, 6.45) is 7.85. The van der Waals surface area contributed by atoms with E-state index in [-0.39, 0.29) is 57.6 Å². The van der Waals surface area contributed by atoms with Crippen LogP contribution in [0.25, 0.3) is 0 Å². The van der Waals surface area contributed by atoms with Gasteiger partial charge in [0.25, 0.3) is 0 Å². The molecule has 5 heteroatoms. The number of hydrogen-bond acceptors (Lipinski definition) is 5. The molecule has 0 radical (unpaired) electrons. The van der Waals surface area contributed by atoms with Crippen LogP contribution in [0.4, 0.5) is 0 Å². The van der Waals surface area contributed by atoms with Crippen molar-refractivity contribution in [2.75, 3.05) is 0 Å². The van der Waals surface area contributed by atoms with Crippen molar-refractivity contribution in [3.63, 3.8) is 0 Å². The molecule has 216 valence electrons. The first-order valence-corrected chi connectivity index (χ1v) is 15.5. The molecule has 5 nitrogen and oxygen atoms in total. The molecule has 39 heavy (non-hydrogen) atoms. The summed E-state index contributed by atoms with van der Waals surface area (Å²) in [7, 11) is 0. The third-order valence-corrected chi connectivity index (χ3v) is 13.8. The van der Waals surface area contributed by atoms with Crippen LogP contribution in [0.2, 0.25) is 0 Å². The van der Waals surface area contributed by atoms with Gasteiger partial charge in [-0.1, -0.05) is 48.5 Å². The maximum absolute atomic E-state index is 13.7. The molecule has 0 saturated heterocycles. The summed E-state index contributed by atoms with van der Waals surface area (Å²) in [5.41, 5.74) is 0.754. The number of allylic oxidation sites excluding steroid dienone is 2. The molecule has 0 bridgehead atoms. The number of fused-ring (bicyclic) bond motifs is 7. The Balaban J connectivity index is 1.61. The lowest BCUT2D eigenvalue weighted by Crippen LogP contribution is -2.67. The third kappa shape index (κ3) is 3.49. The number of hydrogen-bond donors (Lipinski definition) is 0. The van der Waals surface area contributed by atoms with Crippen molar-refractivity contribution in [2.45, 2.75) is 126 Å². The van der Waals surface area contributed by atoms with E-state index in [1.165, 1.54) is 13.8 Å². The first kappa shape index (κ1) is 28.7. The minimum atomic E-state index is -0.947. The zero-order valence-electron chi connectivity index (χ0n) is 25.8. The summed E-state index contributed by atoms with van der Waals surface area (Å²) in [5, 5.41) is 0. The van der Waals surface area contributed by atoms with Gasteiger partial charge in [0.1, 0.15) is 6.10 Å². The normalized spacial score (nSPS) is 47.2. The van der Waals surface area contributed by atoms with Crippen LogP contribution in [0, 0.1) is 50.7 Å². The molecule has 0 aliphatic heterocycles. The van der Waals surface area contributed by atoms with Gasteiger partial charge in [-0.3, -0.25) is 19.2 Å². The van der Waals surface area contributed by atoms with Crippen LogP contribution in [0.5, 0.6) is 0 Å². The highest BCUT2D eigenvalue weighted by molar-refractivity contribution is 6.40. The molecular formula is C34H50O5. The van der Waals surface area contributed by atoms with E-state index in [0.717, 1.165) is 56.1 Å². The Morgan fingerprint density at radius 1 is 0.897 bits per heavy atom. The van der Waals surface area contributed by atoms with Gasteiger partial charge in [-0.25, -0.2) is 0 Å². The average Bonchev–Trinajstić information content (AvgIpc) is 3.16. The molecular weight excluding hydrogens is 488 g/mol. The van der Waals surface area contributed by atoms with Gasteiger partial charge in [-0.15, -0.1) is 0 Å². The molecule has 4 saturated carbocycles. The molecule has 0 aromatic heterocycles. The molecule has 0 N–H and O–H groups in total. The highest BCUT2D eigenvalue weighted by Crippen LogP contribution is 2.79. The van der Waals surface area contributed by atoms with Crippen LogP contribution < -0.4 is 0 Å². The van der Waals surface area contributed by atoms with E-state index in [1.807, 2.05) is 0 Å². The molecule has 0 spiro atoms. The lowest BCUT2D eigenvalue weighted by Gasteiger charge is -2.74. The fourth-order valence-corrected chi connectivity index (χ4v) is 11.7. The first-order chi connectivity index (χ1) is 18.0. The van der Waals surface area contributed by atoms with Crippen molar-refractivity contribution in [3.8, 4) is 0 Å². The number of carbonyl (C=O) groups excluding carboxylic acids is 4. The van der Waals surface area contributed by atoms with Gasteiger partial charge in [0.15, 0.2) is 11.6 Å². The van der Waals surface area contributed by atoms with Crippen LogP contribution in [-0.4, -0.2) is 29.4 Å². The van der Waals surface area contributed by atoms with E-state index < -0.39 is 11.2 Å². The van der Waals surface area contributed by atoms with Crippen LogP contribution in [-0.2, 0) is 23.9 Å². The smallest absolute Gasteiger partial charge is 0.302 e. The predicted octanol–water partition coefficient (Wildman–Crippen LogP) is 7.06. The van der Waals surface area contributed by atoms with Gasteiger partial charge < -0.3 is 4.74 Å². The SMILES string of the molecule is CC(=O)OC1CCC2(C)C(CCC3(C)C2CCC2(C)C4=C(C(C)C)C(=O)CC4(C(=O)C(C)=O)CC[C@]23C)C1C. The maximum atomic E-state index is 13.7. The summed E-state index contributed by atoms with van der Waals surface area (Å²) >= 11 is 0. The van der Waals surface area contributed by atoms with Gasteiger partial charge in [0.2, 0.25) is 5.78 Å². The second kappa shape index (κ2) is 8.86. The largest absolute Gasteiger partial charge is 0.462 e. The second-order valence-corrected chi connectivity index (χ2v) is 15.4. The number of ketones is 3. The summed E-state index contributed by atoms with van der Waals surface area (Å²) in [4.78, 5) is 51.8. The topological polar surface area (TPSA) is 77.5 Å². The number of ether oxygens (including phenoxy) is 1. The number of esters is 1. The van der Waals surface area contributed by atoms with Gasteiger partial charge in [0.05, 0.1) is 5.41 Å². The van der Waals surface area contributed by atoms with Gasteiger partial charge in [-0.2, -0.15) is 0 Å². The molecule has 9 atom stereocenters. The lowest BCUT2D eigenvalue weighted by atomic mass is 9.30. The summed E-state index contributed by atoms with van der Waals surface area (Å²) in [5.74, 6) is 0.566. The Hall–Kier alpha value is -1.78. The number of carbonyl (C=O) groups is 4. The van der Waals surface area contributed by atoms with Gasteiger partial charge in [0, 0.05) is 20.3 Å². The first-order valence-electron chi connectivity index (χ1n) is 15.5. The van der Waals surface area contributed by atoms with E-state index in [1.54, 1.807) is 0 Å². The van der Waals surface area contributed by atoms with Crippen molar-refractivity contribution in [2.24, 2.45) is 50.7 Å². The molecule has 5 rings (SSSR count). The number of Topliss-reactive ketones (excluding diaryl/α,β-unsaturated/α-hetero) is 3. The van der Waals surface area contributed by atoms with Gasteiger partial charge in [-0.05, 0) is 108 Å². The van der Waals surface area contributed by atoms with Crippen molar-refractivity contribution < 1.29 is 23.9 Å². The Morgan fingerprint density at radius 3 is 2.15 bits per heavy atom. The Labute approximate surface area is 235 Å². The van der Waals surface area contributed by atoms with Crippen LogP contribution in [0.3, 0.4) is 0 Å². The molecule has 0 amide bonds. The standard InChI is InChI=1S/C34H50O5/c1-19(2)27-24(37)18-34(29(38)21(4)35)17-16-33(9)31(7)14-10-23-20(3)25(39-22(5)36)11-13-30(23,6)26(31)12-15-32(33,8)28(27)34/h19-20,23,25-26H,10-18H2,1-9H3/t20?,23?,25?,26?,30?,31?,32?,33-,34?/m0/s1. The lowest BCUT2D eigenvalue weighted by molar-refractivity contribution is -0.235. The Morgan fingerprint density at radius 2 is 1.56 bits per heavy atom. The number of rotatable bonds is 4. The van der Waals surface area contributed by atoms with Gasteiger partial charge >= 0.3 is 5.97 Å². The highest BCUT2D eigenvalue weighted by Gasteiger charge is 2.73. The van der Waals surface area contributed by atoms with Crippen molar-refractivity contribution >= 4 is 23.3 Å². The minimum Gasteiger partial charge on any atom is -0.462 e. The zero-order chi connectivity index (χ0) is 28.9. The summed E-state index contributed by atoms with van der Waals surface area (Å²) in [6.45, 7) is 19.2. The molecule has 0 aromatic carbocycles. The molecule has 8 unspecified atom stereocenters. The van der Waals surface area contributed by atoms with Crippen molar-refractivity contribution in [3.05, 3.63) is 11.1 Å². The van der Waals surface area contributed by atoms with Crippen LogP contribution >= 0.6 is 0 Å². The van der Waals surface area contributed by atoms with Crippen molar-refractivity contribution in [1.82, 2.24) is 0 Å². The highest BCUT2D eigenvalue weighted by atomic mass is 16.5. The fraction of sp³-hybridized carbons (Fsp3) is 0.824. The third-order valence-electron chi connectivity index (χ3n) is 13.8. The van der Waals surface area contributed by atoms with E-state index >= 15 is 0 Å². The van der Waals surface area contributed by atoms with E-state index in [4.69, 9.17) is 4.74 Å². The Bertz CT molecular complexity index is 1160. The second-order valence-electron chi connectivity index (χ2n) is 15.4. The summed E-state index contributed by atoms with van der Waals surface area (Å²) < 4.78 is 5.79. The average molecular weight is 539 g/mol. The van der Waals surface area contributed by atoms with Crippen LogP contribution in [0.1, 0.15) is 120 Å². The van der Waals surface area contributed by atoms with E-state index in [9.17, 15) is 19.2 Å². The molecule has 0 aromatic rings. The quantitative estimate of drug-likeness (QED) is 0.283. The molecule has 0 heterocycles. The van der Waals surface area contributed by atoms with E-state index in [2.05, 4.69) is 48.5 Å². The molecule has 5 aliphatic rings. The monoisotopic (exact) mass is 538 g/mol. The Kier molecular flexibility index (Phi) is 6.53. The van der Waals surface area contributed by atoms with Crippen LogP contribution in [0.15, 0.2) is 11.1 Å². The zero-order valence-corrected chi connectivity index (χ0v) is 25.8. The fourth-order valence-electron chi connectivity index (χ4n) is 11.7. The van der Waals surface area contributed by atoms with E-state index in [0.29, 0.717) is 24.2 Å².